The summed E-state index contributed by atoms with van der Waals surface area (Å²) in [6.45, 7) is 3.86. The molecule has 0 atom stereocenters. The molecule has 2 aromatic carbocycles. The summed E-state index contributed by atoms with van der Waals surface area (Å²) < 4.78 is 28.0. The van der Waals surface area contributed by atoms with Gasteiger partial charge in [0.05, 0.1) is 5.69 Å². The van der Waals surface area contributed by atoms with Gasteiger partial charge in [0.15, 0.2) is 0 Å². The van der Waals surface area contributed by atoms with Crippen LogP contribution < -0.4 is 10.6 Å². The first-order chi connectivity index (χ1) is 14.5. The molecule has 2 N–H and O–H groups in total. The Morgan fingerprint density at radius 2 is 1.70 bits per heavy atom. The summed E-state index contributed by atoms with van der Waals surface area (Å²) in [6.07, 6.45) is 10.6. The van der Waals surface area contributed by atoms with Gasteiger partial charge in [0.2, 0.25) is 0 Å². The lowest BCUT2D eigenvalue weighted by molar-refractivity contribution is 0.254. The quantitative estimate of drug-likeness (QED) is 0.442. The van der Waals surface area contributed by atoms with E-state index >= 15 is 0 Å². The smallest absolute Gasteiger partial charge is 0.311 e. The topological polar surface area (TPSA) is 41.1 Å². The molecule has 2 aromatic rings. The van der Waals surface area contributed by atoms with Crippen LogP contribution in [0.2, 0.25) is 0 Å². The van der Waals surface area contributed by atoms with Crippen molar-refractivity contribution in [3.63, 3.8) is 0 Å². The summed E-state index contributed by atoms with van der Waals surface area (Å²) in [5, 5.41) is 5.36. The Morgan fingerprint density at radius 1 is 0.933 bits per heavy atom. The number of hydrogen-bond acceptors (Lipinski definition) is 1. The van der Waals surface area contributed by atoms with Crippen LogP contribution in [-0.4, -0.2) is 6.03 Å². The first-order valence-corrected chi connectivity index (χ1v) is 10.5. The Hall–Kier alpha value is -2.95. The fraction of sp³-hybridized carbons (Fsp3) is 0.320. The number of allylic oxidation sites excluding steroid dienone is 3. The number of anilines is 1. The lowest BCUT2D eigenvalue weighted by Gasteiger charge is -2.11. The fourth-order valence-electron chi connectivity index (χ4n) is 3.54. The molecule has 0 spiro atoms. The molecule has 3 nitrogen and oxygen atoms in total. The molecule has 0 heterocycles. The van der Waals surface area contributed by atoms with Crippen molar-refractivity contribution in [2.75, 3.05) is 5.32 Å². The zero-order valence-electron chi connectivity index (χ0n) is 17.5. The molecule has 5 heteroatoms. The number of carbonyl (C=O) groups excluding carboxylic acids is 1. The van der Waals surface area contributed by atoms with E-state index in [1.165, 1.54) is 43.0 Å². The second kappa shape index (κ2) is 10.2. The van der Waals surface area contributed by atoms with Gasteiger partial charge in [-0.25, -0.2) is 13.6 Å². The average molecular weight is 411 g/mol. The standard InChI is InChI=1S/C25H28F2N2O/c1-3-4-5-6-7-18-8-11-21(15-18)28-25(30)29-24-13-10-20(16-23(24)27)19-9-12-22(26)17(2)14-19/h8-14,16H,3-7,15H2,1-2H3,(H2,28,29,30). The van der Waals surface area contributed by atoms with Crippen LogP contribution in [0.5, 0.6) is 0 Å². The molecule has 1 aliphatic carbocycles. The Balaban J connectivity index is 1.53. The van der Waals surface area contributed by atoms with E-state index in [0.29, 0.717) is 11.1 Å². The second-order valence-electron chi connectivity index (χ2n) is 7.74. The van der Waals surface area contributed by atoms with Gasteiger partial charge in [-0.15, -0.1) is 0 Å². The highest BCUT2D eigenvalue weighted by Gasteiger charge is 2.13. The van der Waals surface area contributed by atoms with Gasteiger partial charge in [0.25, 0.3) is 0 Å². The van der Waals surface area contributed by atoms with Crippen molar-refractivity contribution < 1.29 is 13.6 Å². The minimum absolute atomic E-state index is 0.0985. The third-order valence-corrected chi connectivity index (χ3v) is 5.27. The number of urea groups is 1. The van der Waals surface area contributed by atoms with Crippen molar-refractivity contribution >= 4 is 11.7 Å². The summed E-state index contributed by atoms with van der Waals surface area (Å²) >= 11 is 0. The number of benzene rings is 2. The molecule has 0 saturated carbocycles. The number of unbranched alkanes of at least 4 members (excludes halogenated alkanes) is 3. The SMILES string of the molecule is CCCCCCC1=CC=C(NC(=O)Nc2ccc(-c3ccc(F)c(C)c3)cc2F)C1. The highest BCUT2D eigenvalue weighted by atomic mass is 19.1. The Kier molecular flexibility index (Phi) is 7.39. The summed E-state index contributed by atoms with van der Waals surface area (Å²) in [7, 11) is 0. The maximum atomic E-state index is 14.5. The van der Waals surface area contributed by atoms with Crippen molar-refractivity contribution in [3.05, 3.63) is 77.0 Å². The summed E-state index contributed by atoms with van der Waals surface area (Å²) in [5.41, 5.74) is 4.07. The number of nitrogens with one attached hydrogen (secondary N) is 2. The molecule has 158 valence electrons. The number of amides is 2. The lowest BCUT2D eigenvalue weighted by Crippen LogP contribution is -2.28. The van der Waals surface area contributed by atoms with E-state index in [0.717, 1.165) is 30.5 Å². The van der Waals surface area contributed by atoms with Crippen molar-refractivity contribution in [1.82, 2.24) is 5.32 Å². The summed E-state index contributed by atoms with van der Waals surface area (Å²) in [6, 6.07) is 8.74. The average Bonchev–Trinajstić information content (AvgIpc) is 3.16. The van der Waals surface area contributed by atoms with Crippen LogP contribution in [0.15, 0.2) is 59.8 Å². The molecule has 2 amide bonds. The zero-order chi connectivity index (χ0) is 21.5. The van der Waals surface area contributed by atoms with Gasteiger partial charge in [-0.3, -0.25) is 0 Å². The molecule has 0 unspecified atom stereocenters. The van der Waals surface area contributed by atoms with E-state index in [9.17, 15) is 13.6 Å². The molecular weight excluding hydrogens is 382 g/mol. The molecule has 0 saturated heterocycles. The monoisotopic (exact) mass is 410 g/mol. The van der Waals surface area contributed by atoms with Gasteiger partial charge >= 0.3 is 6.03 Å². The minimum Gasteiger partial charge on any atom is -0.311 e. The largest absolute Gasteiger partial charge is 0.323 e. The van der Waals surface area contributed by atoms with Gasteiger partial charge in [-0.2, -0.15) is 0 Å². The van der Waals surface area contributed by atoms with E-state index < -0.39 is 11.8 Å². The molecule has 0 aliphatic heterocycles. The Morgan fingerprint density at radius 3 is 2.43 bits per heavy atom. The van der Waals surface area contributed by atoms with E-state index in [1.54, 1.807) is 25.1 Å². The number of rotatable bonds is 8. The van der Waals surface area contributed by atoms with Gasteiger partial charge in [0, 0.05) is 12.1 Å². The van der Waals surface area contributed by atoms with Crippen LogP contribution >= 0.6 is 0 Å². The van der Waals surface area contributed by atoms with Gasteiger partial charge < -0.3 is 10.6 Å². The number of carbonyl (C=O) groups is 1. The number of hydrogen-bond donors (Lipinski definition) is 2. The van der Waals surface area contributed by atoms with Crippen LogP contribution in [0.4, 0.5) is 19.3 Å². The van der Waals surface area contributed by atoms with Crippen LogP contribution in [0.25, 0.3) is 11.1 Å². The third-order valence-electron chi connectivity index (χ3n) is 5.27. The van der Waals surface area contributed by atoms with E-state index in [4.69, 9.17) is 0 Å². The zero-order valence-corrected chi connectivity index (χ0v) is 17.5. The van der Waals surface area contributed by atoms with Crippen LogP contribution in [0.3, 0.4) is 0 Å². The maximum absolute atomic E-state index is 14.5. The van der Waals surface area contributed by atoms with Crippen LogP contribution in [0.1, 0.15) is 51.0 Å². The van der Waals surface area contributed by atoms with E-state index in [1.807, 2.05) is 6.08 Å². The molecule has 1 aliphatic rings. The molecular formula is C25H28F2N2O. The maximum Gasteiger partial charge on any atom is 0.323 e. The first-order valence-electron chi connectivity index (χ1n) is 10.5. The van der Waals surface area contributed by atoms with Crippen LogP contribution in [-0.2, 0) is 0 Å². The normalized spacial score (nSPS) is 13.1. The van der Waals surface area contributed by atoms with Crippen LogP contribution in [0, 0.1) is 18.6 Å². The van der Waals surface area contributed by atoms with Gasteiger partial charge in [0.1, 0.15) is 11.6 Å². The van der Waals surface area contributed by atoms with Crippen molar-refractivity contribution in [2.45, 2.75) is 52.4 Å². The highest BCUT2D eigenvalue weighted by molar-refractivity contribution is 5.91. The highest BCUT2D eigenvalue weighted by Crippen LogP contribution is 2.26. The van der Waals surface area contributed by atoms with E-state index in [-0.39, 0.29) is 11.5 Å². The Labute approximate surface area is 176 Å². The summed E-state index contributed by atoms with van der Waals surface area (Å²) in [4.78, 5) is 12.3. The van der Waals surface area contributed by atoms with Gasteiger partial charge in [-0.05, 0) is 66.8 Å². The predicted molar refractivity (Wildman–Crippen MR) is 118 cm³/mol. The molecule has 0 radical (unpaired) electrons. The predicted octanol–water partition coefficient (Wildman–Crippen LogP) is 7.25. The lowest BCUT2D eigenvalue weighted by atomic mass is 10.0. The Bertz CT molecular complexity index is 979. The second-order valence-corrected chi connectivity index (χ2v) is 7.74. The minimum atomic E-state index is -0.542. The molecule has 0 fully saturated rings. The van der Waals surface area contributed by atoms with Crippen molar-refractivity contribution in [1.29, 1.82) is 0 Å². The van der Waals surface area contributed by atoms with Gasteiger partial charge in [-0.1, -0.05) is 50.0 Å². The molecule has 30 heavy (non-hydrogen) atoms. The van der Waals surface area contributed by atoms with Crippen molar-refractivity contribution in [3.8, 4) is 11.1 Å². The third kappa shape index (κ3) is 5.78. The molecule has 0 aromatic heterocycles. The molecule has 3 rings (SSSR count). The number of aryl methyl sites for hydroxylation is 1. The fourth-order valence-corrected chi connectivity index (χ4v) is 3.54. The van der Waals surface area contributed by atoms with E-state index in [2.05, 4.69) is 23.6 Å². The first kappa shape index (κ1) is 21.8. The van der Waals surface area contributed by atoms with Crippen molar-refractivity contribution in [2.24, 2.45) is 0 Å². The molecule has 0 bridgehead atoms. The number of halogens is 2. The summed E-state index contributed by atoms with van der Waals surface area (Å²) in [5.74, 6) is -0.839.